The average molecular weight is 428 g/mol. The molecule has 0 aliphatic carbocycles. The molecule has 156 valence electrons. The summed E-state index contributed by atoms with van der Waals surface area (Å²) < 4.78 is 38.4. The lowest BCUT2D eigenvalue weighted by molar-refractivity contribution is -0.385. The smallest absolute Gasteiger partial charge is 0.271 e. The molecule has 0 radical (unpaired) electrons. The summed E-state index contributed by atoms with van der Waals surface area (Å²) in [5.41, 5.74) is 1.43. The van der Waals surface area contributed by atoms with Crippen molar-refractivity contribution in [3.63, 3.8) is 0 Å². The fourth-order valence-electron chi connectivity index (χ4n) is 2.82. The van der Waals surface area contributed by atoms with Gasteiger partial charge in [-0.3, -0.25) is 10.1 Å². The zero-order chi connectivity index (χ0) is 21.7. The van der Waals surface area contributed by atoms with E-state index < -0.39 is 14.9 Å². The van der Waals surface area contributed by atoms with Gasteiger partial charge < -0.3 is 9.47 Å². The highest BCUT2D eigenvalue weighted by atomic mass is 32.2. The number of ether oxygens (including phenoxy) is 2. The van der Waals surface area contributed by atoms with Gasteiger partial charge in [-0.25, -0.2) is 13.1 Å². The van der Waals surface area contributed by atoms with Gasteiger partial charge in [0.25, 0.3) is 5.69 Å². The zero-order valence-electron chi connectivity index (χ0n) is 16.4. The lowest BCUT2D eigenvalue weighted by Gasteiger charge is -2.13. The molecule has 0 saturated carbocycles. The number of nitro groups is 1. The van der Waals surface area contributed by atoms with Crippen LogP contribution in [0.4, 0.5) is 5.69 Å². The van der Waals surface area contributed by atoms with Crippen LogP contribution in [0.1, 0.15) is 6.92 Å². The van der Waals surface area contributed by atoms with Crippen LogP contribution in [0.2, 0.25) is 0 Å². The van der Waals surface area contributed by atoms with E-state index in [1.165, 1.54) is 12.1 Å². The first-order chi connectivity index (χ1) is 14.3. The van der Waals surface area contributed by atoms with Gasteiger partial charge in [-0.05, 0) is 41.5 Å². The van der Waals surface area contributed by atoms with E-state index in [0.29, 0.717) is 5.75 Å². The van der Waals surface area contributed by atoms with Gasteiger partial charge in [0, 0.05) is 18.7 Å². The lowest BCUT2D eigenvalue weighted by atomic mass is 10.1. The van der Waals surface area contributed by atoms with Crippen molar-refractivity contribution in [1.82, 2.24) is 4.72 Å². The van der Waals surface area contributed by atoms with Gasteiger partial charge in [-0.15, -0.1) is 0 Å². The van der Waals surface area contributed by atoms with Crippen molar-refractivity contribution in [3.8, 4) is 28.4 Å². The van der Waals surface area contributed by atoms with Crippen molar-refractivity contribution in [2.75, 3.05) is 13.7 Å². The Morgan fingerprint density at radius 3 is 2.33 bits per heavy atom. The molecule has 0 saturated heterocycles. The molecule has 3 aromatic carbocycles. The first-order valence-electron chi connectivity index (χ1n) is 9.04. The van der Waals surface area contributed by atoms with Crippen molar-refractivity contribution >= 4 is 15.7 Å². The molecule has 0 aromatic heterocycles. The number of non-ortho nitro benzene ring substituents is 1. The molecule has 9 heteroatoms. The molecule has 1 N–H and O–H groups in total. The van der Waals surface area contributed by atoms with Crippen LogP contribution in [0.15, 0.2) is 71.6 Å². The third-order valence-electron chi connectivity index (χ3n) is 4.25. The number of nitro benzene ring substituents is 1. The van der Waals surface area contributed by atoms with Gasteiger partial charge in [0.1, 0.15) is 22.1 Å². The summed E-state index contributed by atoms with van der Waals surface area (Å²) >= 11 is 0. The van der Waals surface area contributed by atoms with E-state index in [2.05, 4.69) is 4.72 Å². The zero-order valence-corrected chi connectivity index (χ0v) is 17.2. The Hall–Kier alpha value is -3.43. The lowest BCUT2D eigenvalue weighted by Crippen LogP contribution is -2.23. The first-order valence-corrected chi connectivity index (χ1v) is 10.5. The molecule has 0 unspecified atom stereocenters. The van der Waals surface area contributed by atoms with Crippen LogP contribution in [-0.4, -0.2) is 27.0 Å². The highest BCUT2D eigenvalue weighted by Crippen LogP contribution is 2.34. The second kappa shape index (κ2) is 8.93. The molecule has 8 nitrogen and oxygen atoms in total. The summed E-state index contributed by atoms with van der Waals surface area (Å²) in [6.45, 7) is 1.76. The third kappa shape index (κ3) is 4.76. The number of nitrogens with one attached hydrogen (secondary N) is 1. The van der Waals surface area contributed by atoms with Crippen molar-refractivity contribution in [2.24, 2.45) is 0 Å². The Bertz CT molecular complexity index is 1160. The predicted octanol–water partition coefficient (Wildman–Crippen LogP) is 4.36. The minimum absolute atomic E-state index is 0.00608. The van der Waals surface area contributed by atoms with Gasteiger partial charge in [-0.2, -0.15) is 0 Å². The Morgan fingerprint density at radius 1 is 0.967 bits per heavy atom. The van der Waals surface area contributed by atoms with Crippen LogP contribution >= 0.6 is 0 Å². The van der Waals surface area contributed by atoms with Gasteiger partial charge in [-0.1, -0.05) is 31.2 Å². The quantitative estimate of drug-likeness (QED) is 0.422. The molecule has 0 spiro atoms. The summed E-state index contributed by atoms with van der Waals surface area (Å²) in [5, 5.41) is 11.1. The summed E-state index contributed by atoms with van der Waals surface area (Å²) in [6.07, 6.45) is 0. The summed E-state index contributed by atoms with van der Waals surface area (Å²) in [7, 11) is -2.39. The van der Waals surface area contributed by atoms with E-state index in [1.54, 1.807) is 32.2 Å². The molecule has 0 heterocycles. The van der Waals surface area contributed by atoms with E-state index in [1.807, 2.05) is 30.3 Å². The summed E-state index contributed by atoms with van der Waals surface area (Å²) in [5.74, 6) is 1.12. The molecule has 30 heavy (non-hydrogen) atoms. The maximum Gasteiger partial charge on any atom is 0.271 e. The van der Waals surface area contributed by atoms with Crippen LogP contribution in [0.3, 0.4) is 0 Å². The number of methoxy groups -OCH3 is 1. The number of hydrogen-bond donors (Lipinski definition) is 1. The minimum Gasteiger partial charge on any atom is -0.497 e. The Balaban J connectivity index is 1.98. The maximum absolute atomic E-state index is 12.5. The number of rotatable bonds is 8. The summed E-state index contributed by atoms with van der Waals surface area (Å²) in [6, 6.07) is 18.0. The van der Waals surface area contributed by atoms with Crippen molar-refractivity contribution in [2.45, 2.75) is 11.8 Å². The molecule has 0 bridgehead atoms. The fourth-order valence-corrected chi connectivity index (χ4v) is 4.01. The molecule has 3 aromatic rings. The number of hydrogen-bond acceptors (Lipinski definition) is 6. The van der Waals surface area contributed by atoms with E-state index in [-0.39, 0.29) is 22.9 Å². The second-order valence-corrected chi connectivity index (χ2v) is 7.98. The van der Waals surface area contributed by atoms with Crippen LogP contribution in [0.25, 0.3) is 11.1 Å². The van der Waals surface area contributed by atoms with Gasteiger partial charge in [0.05, 0.1) is 12.0 Å². The SMILES string of the molecule is CCNS(=O)(=O)c1cc([N+](=O)[O-])ccc1Oc1cccc(-c2ccc(OC)cc2)c1. The van der Waals surface area contributed by atoms with Gasteiger partial charge in [0.15, 0.2) is 0 Å². The van der Waals surface area contributed by atoms with E-state index in [0.717, 1.165) is 22.9 Å². The topological polar surface area (TPSA) is 108 Å². The van der Waals surface area contributed by atoms with E-state index in [4.69, 9.17) is 9.47 Å². The second-order valence-electron chi connectivity index (χ2n) is 6.25. The van der Waals surface area contributed by atoms with E-state index in [9.17, 15) is 18.5 Å². The third-order valence-corrected chi connectivity index (χ3v) is 5.81. The van der Waals surface area contributed by atoms with Gasteiger partial charge >= 0.3 is 0 Å². The maximum atomic E-state index is 12.5. The average Bonchev–Trinajstić information content (AvgIpc) is 2.74. The Kier molecular flexibility index (Phi) is 6.34. The predicted molar refractivity (Wildman–Crippen MR) is 112 cm³/mol. The summed E-state index contributed by atoms with van der Waals surface area (Å²) in [4.78, 5) is 10.1. The normalized spacial score (nSPS) is 11.1. The van der Waals surface area contributed by atoms with Crippen LogP contribution in [0.5, 0.6) is 17.2 Å². The molecule has 0 amide bonds. The molecule has 0 atom stereocenters. The molecular formula is C21H20N2O6S. The number of sulfonamides is 1. The first kappa shape index (κ1) is 21.3. The highest BCUT2D eigenvalue weighted by molar-refractivity contribution is 7.89. The Morgan fingerprint density at radius 2 is 1.70 bits per heavy atom. The number of nitrogens with zero attached hydrogens (tertiary/aromatic N) is 1. The standard InChI is InChI=1S/C21H20N2O6S/c1-3-22-30(26,27)21-14-17(23(24)25)9-12-20(21)29-19-6-4-5-16(13-19)15-7-10-18(28-2)11-8-15/h4-14,22H,3H2,1-2H3. The molecule has 0 aliphatic heterocycles. The van der Waals surface area contributed by atoms with E-state index >= 15 is 0 Å². The van der Waals surface area contributed by atoms with Gasteiger partial charge in [0.2, 0.25) is 10.0 Å². The fraction of sp³-hybridized carbons (Fsp3) is 0.143. The monoisotopic (exact) mass is 428 g/mol. The van der Waals surface area contributed by atoms with Crippen molar-refractivity contribution in [3.05, 3.63) is 76.8 Å². The molecular weight excluding hydrogens is 408 g/mol. The van der Waals surface area contributed by atoms with Crippen LogP contribution in [0, 0.1) is 10.1 Å². The molecule has 3 rings (SSSR count). The van der Waals surface area contributed by atoms with Crippen molar-refractivity contribution in [1.29, 1.82) is 0 Å². The van der Waals surface area contributed by atoms with Crippen molar-refractivity contribution < 1.29 is 22.8 Å². The van der Waals surface area contributed by atoms with Crippen LogP contribution in [-0.2, 0) is 10.0 Å². The molecule has 0 aliphatic rings. The highest BCUT2D eigenvalue weighted by Gasteiger charge is 2.23. The van der Waals surface area contributed by atoms with Crippen LogP contribution < -0.4 is 14.2 Å². The minimum atomic E-state index is -3.98. The number of benzene rings is 3. The largest absolute Gasteiger partial charge is 0.497 e. The Labute approximate surface area is 174 Å². The molecule has 0 fully saturated rings.